The summed E-state index contributed by atoms with van der Waals surface area (Å²) in [5.41, 5.74) is 15.1. The van der Waals surface area contributed by atoms with Gasteiger partial charge in [-0.2, -0.15) is 0 Å². The molecule has 0 bridgehead atoms. The van der Waals surface area contributed by atoms with Crippen LogP contribution in [0.3, 0.4) is 0 Å². The number of benzene rings is 15. The molecule has 2 aliphatic heterocycles. The Labute approximate surface area is 457 Å². The summed E-state index contributed by atoms with van der Waals surface area (Å²) in [7, 11) is 0. The molecule has 0 N–H and O–H groups in total. The number of rotatable bonds is 5. The predicted molar refractivity (Wildman–Crippen MR) is 334 cm³/mol. The van der Waals surface area contributed by atoms with Crippen molar-refractivity contribution in [3.8, 4) is 78.6 Å². The zero-order valence-electron chi connectivity index (χ0n) is 42.9. The molecule has 2 aliphatic rings. The standard InChI is InChI=1S/C76H45BO2/c1-2-19-46(20-3-1)72-61-31-14-16-33-63(61)73(64-34-17-15-32-62(64)72)57-27-10-6-23-52(57)49-39-42-69-67(45-49)77-66-44-48(38-41-68(66)78-70-35-18-36-71(79-69)76(70)77)51-22-5-4-21-50(51)47-37-40-56-55-26-9-12-29-59(55)74-58-28-11-7-24-53(58)54-25-8-13-30-60(54)75(74)65(56)43-47/h1-45H. The maximum absolute atomic E-state index is 6.87. The third-order valence-electron chi connectivity index (χ3n) is 17.2. The molecule has 0 unspecified atom stereocenters. The van der Waals surface area contributed by atoms with E-state index in [1.807, 2.05) is 6.07 Å². The monoisotopic (exact) mass is 1000 g/mol. The van der Waals surface area contributed by atoms with Crippen LogP contribution in [0.5, 0.6) is 23.0 Å². The molecule has 0 radical (unpaired) electrons. The van der Waals surface area contributed by atoms with E-state index in [2.05, 4.69) is 267 Å². The van der Waals surface area contributed by atoms with Crippen molar-refractivity contribution in [2.75, 3.05) is 0 Å². The fourth-order valence-corrected chi connectivity index (χ4v) is 13.8. The molecule has 364 valence electrons. The van der Waals surface area contributed by atoms with Gasteiger partial charge in [-0.15, -0.1) is 0 Å². The Kier molecular flexibility index (Phi) is 9.54. The zero-order chi connectivity index (χ0) is 51.7. The number of fused-ring (bicyclic) bond motifs is 17. The first-order valence-corrected chi connectivity index (χ1v) is 27.3. The van der Waals surface area contributed by atoms with Gasteiger partial charge in [-0.05, 0) is 172 Å². The maximum Gasteiger partial charge on any atom is 0.260 e. The molecule has 2 nitrogen and oxygen atoms in total. The minimum absolute atomic E-state index is 0.145. The van der Waals surface area contributed by atoms with Gasteiger partial charge in [-0.25, -0.2) is 0 Å². The van der Waals surface area contributed by atoms with Crippen LogP contribution >= 0.6 is 0 Å². The molecule has 0 saturated carbocycles. The molecule has 0 aromatic heterocycles. The van der Waals surface area contributed by atoms with Crippen molar-refractivity contribution in [2.24, 2.45) is 0 Å². The molecule has 2 heterocycles. The van der Waals surface area contributed by atoms with Crippen molar-refractivity contribution in [3.63, 3.8) is 0 Å². The second-order valence-electron chi connectivity index (χ2n) is 21.3. The quantitative estimate of drug-likeness (QED) is 0.0972. The number of ether oxygens (including phenoxy) is 2. The van der Waals surface area contributed by atoms with E-state index < -0.39 is 0 Å². The Morgan fingerprint density at radius 2 is 0.582 bits per heavy atom. The van der Waals surface area contributed by atoms with Gasteiger partial charge in [-0.3, -0.25) is 0 Å². The Bertz CT molecular complexity index is 5010. The molecule has 0 saturated heterocycles. The topological polar surface area (TPSA) is 18.5 Å². The van der Waals surface area contributed by atoms with Gasteiger partial charge in [0.1, 0.15) is 23.0 Å². The van der Waals surface area contributed by atoms with E-state index in [-0.39, 0.29) is 6.71 Å². The lowest BCUT2D eigenvalue weighted by Gasteiger charge is -2.33. The highest BCUT2D eigenvalue weighted by Gasteiger charge is 2.40. The van der Waals surface area contributed by atoms with Gasteiger partial charge in [0.2, 0.25) is 0 Å². The van der Waals surface area contributed by atoms with E-state index in [1.165, 1.54) is 114 Å². The van der Waals surface area contributed by atoms with Crippen LogP contribution in [0, 0.1) is 0 Å². The Morgan fingerprint density at radius 3 is 1.09 bits per heavy atom. The lowest BCUT2D eigenvalue weighted by atomic mass is 9.34. The molecular weight excluding hydrogens is 956 g/mol. The van der Waals surface area contributed by atoms with Crippen LogP contribution in [-0.4, -0.2) is 6.71 Å². The summed E-state index contributed by atoms with van der Waals surface area (Å²) in [4.78, 5) is 0. The predicted octanol–water partition coefficient (Wildman–Crippen LogP) is 18.8. The molecule has 79 heavy (non-hydrogen) atoms. The largest absolute Gasteiger partial charge is 0.458 e. The van der Waals surface area contributed by atoms with Crippen LogP contribution in [0.2, 0.25) is 0 Å². The first-order valence-electron chi connectivity index (χ1n) is 27.3. The highest BCUT2D eigenvalue weighted by molar-refractivity contribution is 6.98. The molecule has 0 fully saturated rings. The molecule has 15 aromatic carbocycles. The van der Waals surface area contributed by atoms with E-state index >= 15 is 0 Å². The molecule has 0 spiro atoms. The highest BCUT2D eigenvalue weighted by atomic mass is 16.5. The van der Waals surface area contributed by atoms with E-state index in [9.17, 15) is 0 Å². The first-order chi connectivity index (χ1) is 39.2. The fourth-order valence-electron chi connectivity index (χ4n) is 13.8. The van der Waals surface area contributed by atoms with Crippen molar-refractivity contribution in [1.29, 1.82) is 0 Å². The molecule has 15 aromatic rings. The minimum atomic E-state index is -0.145. The summed E-state index contributed by atoms with van der Waals surface area (Å²) in [6.07, 6.45) is 0. The van der Waals surface area contributed by atoms with Gasteiger partial charge in [0, 0.05) is 5.46 Å². The lowest BCUT2D eigenvalue weighted by molar-refractivity contribution is 0.464. The van der Waals surface area contributed by atoms with Crippen LogP contribution in [-0.2, 0) is 0 Å². The first kappa shape index (κ1) is 44.0. The summed E-state index contributed by atoms with van der Waals surface area (Å²) in [5, 5.41) is 17.7. The van der Waals surface area contributed by atoms with Crippen molar-refractivity contribution in [1.82, 2.24) is 0 Å². The smallest absolute Gasteiger partial charge is 0.260 e. The van der Waals surface area contributed by atoms with E-state index in [1.54, 1.807) is 0 Å². The highest BCUT2D eigenvalue weighted by Crippen LogP contribution is 2.49. The van der Waals surface area contributed by atoms with E-state index in [4.69, 9.17) is 9.47 Å². The summed E-state index contributed by atoms with van der Waals surface area (Å²) in [6.45, 7) is -0.145. The molecular formula is C76H45BO2. The Balaban J connectivity index is 0.836. The summed E-state index contributed by atoms with van der Waals surface area (Å²) in [6, 6.07) is 100. The number of hydrogen-bond donors (Lipinski definition) is 0. The minimum Gasteiger partial charge on any atom is -0.458 e. The molecule has 3 heteroatoms. The summed E-state index contributed by atoms with van der Waals surface area (Å²) in [5.74, 6) is 3.36. The van der Waals surface area contributed by atoms with Gasteiger partial charge in [0.15, 0.2) is 0 Å². The fraction of sp³-hybridized carbons (Fsp3) is 0. The molecule has 0 amide bonds. The summed E-state index contributed by atoms with van der Waals surface area (Å²) >= 11 is 0. The van der Waals surface area contributed by atoms with Crippen LogP contribution in [0.15, 0.2) is 273 Å². The van der Waals surface area contributed by atoms with Crippen molar-refractivity contribution in [2.45, 2.75) is 0 Å². The van der Waals surface area contributed by atoms with Crippen LogP contribution in [0.4, 0.5) is 0 Å². The second-order valence-corrected chi connectivity index (χ2v) is 21.3. The van der Waals surface area contributed by atoms with Gasteiger partial charge in [0.25, 0.3) is 6.71 Å². The van der Waals surface area contributed by atoms with Crippen LogP contribution < -0.4 is 25.9 Å². The number of hydrogen-bond acceptors (Lipinski definition) is 2. The average molecular weight is 1000 g/mol. The van der Waals surface area contributed by atoms with E-state index in [0.29, 0.717) is 0 Å². The second kappa shape index (κ2) is 17.1. The van der Waals surface area contributed by atoms with Gasteiger partial charge >= 0.3 is 0 Å². The third-order valence-corrected chi connectivity index (χ3v) is 17.2. The molecule has 0 atom stereocenters. The Hall–Kier alpha value is -10.2. The summed E-state index contributed by atoms with van der Waals surface area (Å²) < 4.78 is 13.7. The van der Waals surface area contributed by atoms with Crippen LogP contribution in [0.1, 0.15) is 0 Å². The third kappa shape index (κ3) is 6.54. The Morgan fingerprint density at radius 1 is 0.215 bits per heavy atom. The van der Waals surface area contributed by atoms with Gasteiger partial charge in [-0.1, -0.05) is 243 Å². The molecule has 17 rings (SSSR count). The average Bonchev–Trinajstić information content (AvgIpc) is 3.69. The van der Waals surface area contributed by atoms with Crippen molar-refractivity contribution < 1.29 is 9.47 Å². The molecule has 0 aliphatic carbocycles. The van der Waals surface area contributed by atoms with Crippen molar-refractivity contribution in [3.05, 3.63) is 273 Å². The lowest BCUT2D eigenvalue weighted by Crippen LogP contribution is -2.57. The maximum atomic E-state index is 6.87. The van der Waals surface area contributed by atoms with Crippen LogP contribution in [0.25, 0.3) is 131 Å². The van der Waals surface area contributed by atoms with Gasteiger partial charge in [0.05, 0.1) is 0 Å². The normalized spacial score (nSPS) is 12.5. The van der Waals surface area contributed by atoms with E-state index in [0.717, 1.165) is 56.1 Å². The SMILES string of the molecule is c1ccc(-c2c3ccccc3c(-c3ccccc3-c3ccc4c(c3)B3c5cc(-c6ccccc6-c6ccc7c8ccccc8c8c9ccccc9c9ccccc9c8c7c6)ccc5Oc5cccc(c53)O4)c3ccccc23)cc1. The zero-order valence-corrected chi connectivity index (χ0v) is 42.9. The van der Waals surface area contributed by atoms with Crippen molar-refractivity contribution >= 4 is 98.5 Å². The van der Waals surface area contributed by atoms with Gasteiger partial charge < -0.3 is 9.47 Å².